The Morgan fingerprint density at radius 1 is 1.09 bits per heavy atom. The Balaban J connectivity index is 1.23. The van der Waals surface area contributed by atoms with E-state index >= 15 is 0 Å². The van der Waals surface area contributed by atoms with Crippen molar-refractivity contribution in [1.82, 2.24) is 19.9 Å². The lowest BCUT2D eigenvalue weighted by atomic mass is 10.1. The molecule has 0 aliphatic carbocycles. The summed E-state index contributed by atoms with van der Waals surface area (Å²) in [6.07, 6.45) is 6.00. The Bertz CT molecular complexity index is 1220. The number of nitrogens with zero attached hydrogens (tertiary/aromatic N) is 4. The molecular weight excluding hydrogens is 407 g/mol. The predicted octanol–water partition coefficient (Wildman–Crippen LogP) is 3.84. The van der Waals surface area contributed by atoms with Crippen LogP contribution < -0.4 is 10.2 Å². The number of halogens is 1. The lowest BCUT2D eigenvalue weighted by Crippen LogP contribution is -2.36. The van der Waals surface area contributed by atoms with Crippen molar-refractivity contribution in [2.45, 2.75) is 19.9 Å². The van der Waals surface area contributed by atoms with Crippen LogP contribution in [0, 0.1) is 12.9 Å². The van der Waals surface area contributed by atoms with E-state index in [0.717, 1.165) is 59.8 Å². The van der Waals surface area contributed by atoms with Gasteiger partial charge >= 0.3 is 0 Å². The molecule has 7 nitrogen and oxygen atoms in total. The first-order valence-electron chi connectivity index (χ1n) is 10.8. The minimum Gasteiger partial charge on any atom is -0.378 e. The summed E-state index contributed by atoms with van der Waals surface area (Å²) >= 11 is 0. The number of H-pyrrole nitrogens is 1. The van der Waals surface area contributed by atoms with E-state index in [9.17, 15) is 4.39 Å². The van der Waals surface area contributed by atoms with Crippen molar-refractivity contribution >= 4 is 22.7 Å². The fourth-order valence-corrected chi connectivity index (χ4v) is 3.90. The zero-order valence-electron chi connectivity index (χ0n) is 17.9. The molecule has 0 spiro atoms. The van der Waals surface area contributed by atoms with Gasteiger partial charge in [0.15, 0.2) is 0 Å². The van der Waals surface area contributed by atoms with E-state index in [0.29, 0.717) is 24.3 Å². The molecule has 1 aliphatic heterocycles. The van der Waals surface area contributed by atoms with E-state index in [1.54, 1.807) is 6.07 Å². The fraction of sp³-hybridized carbons (Fsp3) is 0.292. The second-order valence-corrected chi connectivity index (χ2v) is 8.02. The van der Waals surface area contributed by atoms with Crippen LogP contribution in [0.3, 0.4) is 0 Å². The van der Waals surface area contributed by atoms with Gasteiger partial charge in [0, 0.05) is 55.6 Å². The number of rotatable bonds is 6. The second kappa shape index (κ2) is 8.92. The summed E-state index contributed by atoms with van der Waals surface area (Å²) < 4.78 is 20.1. The molecule has 8 heteroatoms. The van der Waals surface area contributed by atoms with Crippen LogP contribution in [0.1, 0.15) is 22.3 Å². The van der Waals surface area contributed by atoms with Gasteiger partial charge in [0.2, 0.25) is 5.95 Å². The second-order valence-electron chi connectivity index (χ2n) is 8.02. The van der Waals surface area contributed by atoms with Gasteiger partial charge in [-0.25, -0.2) is 15.0 Å². The molecule has 5 rings (SSSR count). The number of aryl methyl sites for hydroxylation is 1. The highest BCUT2D eigenvalue weighted by atomic mass is 19.1. The van der Waals surface area contributed by atoms with Gasteiger partial charge in [-0.05, 0) is 41.8 Å². The minimum absolute atomic E-state index is 0.456. The summed E-state index contributed by atoms with van der Waals surface area (Å²) in [5.74, 6) is 0.985. The van der Waals surface area contributed by atoms with Crippen molar-refractivity contribution in [1.29, 1.82) is 0 Å². The van der Waals surface area contributed by atoms with Crippen LogP contribution in [0.4, 0.5) is 16.0 Å². The van der Waals surface area contributed by atoms with Crippen molar-refractivity contribution in [3.8, 4) is 0 Å². The third kappa shape index (κ3) is 4.40. The Morgan fingerprint density at radius 2 is 1.97 bits per heavy atom. The molecule has 1 aliphatic rings. The molecule has 0 bridgehead atoms. The number of morpholine rings is 1. The summed E-state index contributed by atoms with van der Waals surface area (Å²) in [4.78, 5) is 18.4. The molecule has 0 aromatic carbocycles. The van der Waals surface area contributed by atoms with Crippen LogP contribution in [0.25, 0.3) is 11.0 Å². The average molecular weight is 433 g/mol. The van der Waals surface area contributed by atoms with Crippen LogP contribution in [-0.2, 0) is 17.7 Å². The number of ether oxygens (including phenoxy) is 1. The smallest absolute Gasteiger partial charge is 0.218 e. The number of pyridine rings is 3. The van der Waals surface area contributed by atoms with E-state index in [-0.39, 0.29) is 0 Å². The predicted molar refractivity (Wildman–Crippen MR) is 122 cm³/mol. The molecule has 1 fully saturated rings. The Hall–Kier alpha value is -3.52. The number of aromatic nitrogens is 4. The summed E-state index contributed by atoms with van der Waals surface area (Å²) in [5.41, 5.74) is 4.45. The quantitative estimate of drug-likeness (QED) is 0.451. The molecular formula is C24H25FN6O. The first-order chi connectivity index (χ1) is 15.7. The van der Waals surface area contributed by atoms with Gasteiger partial charge in [-0.2, -0.15) is 4.39 Å². The number of nitrogens with one attached hydrogen (secondary N) is 2. The molecule has 4 aromatic rings. The Morgan fingerprint density at radius 3 is 2.75 bits per heavy atom. The molecule has 4 aromatic heterocycles. The summed E-state index contributed by atoms with van der Waals surface area (Å²) in [6.45, 7) is 5.70. The molecule has 5 heterocycles. The van der Waals surface area contributed by atoms with E-state index in [4.69, 9.17) is 4.74 Å². The maximum absolute atomic E-state index is 14.7. The largest absolute Gasteiger partial charge is 0.378 e. The number of fused-ring (bicyclic) bond motifs is 1. The maximum atomic E-state index is 14.7. The first kappa shape index (κ1) is 20.4. The summed E-state index contributed by atoms with van der Waals surface area (Å²) in [7, 11) is 0. The first-order valence-corrected chi connectivity index (χ1v) is 10.8. The van der Waals surface area contributed by atoms with Crippen LogP contribution >= 0.6 is 0 Å². The zero-order valence-corrected chi connectivity index (χ0v) is 17.9. The normalized spacial score (nSPS) is 14.1. The lowest BCUT2D eigenvalue weighted by molar-refractivity contribution is 0.122. The molecule has 0 saturated carbocycles. The topological polar surface area (TPSA) is 79.0 Å². The van der Waals surface area contributed by atoms with Crippen LogP contribution in [0.15, 0.2) is 48.9 Å². The molecule has 2 N–H and O–H groups in total. The van der Waals surface area contributed by atoms with Crippen LogP contribution in [-0.4, -0.2) is 46.2 Å². The summed E-state index contributed by atoms with van der Waals surface area (Å²) in [6, 6.07) is 9.70. The van der Waals surface area contributed by atoms with Gasteiger partial charge in [-0.15, -0.1) is 0 Å². The highest BCUT2D eigenvalue weighted by molar-refractivity contribution is 5.80. The number of hydrogen-bond acceptors (Lipinski definition) is 6. The van der Waals surface area contributed by atoms with Crippen molar-refractivity contribution in [3.05, 3.63) is 77.1 Å². The number of anilines is 2. The monoisotopic (exact) mass is 432 g/mol. The molecule has 0 atom stereocenters. The molecule has 0 radical (unpaired) electrons. The third-order valence-corrected chi connectivity index (χ3v) is 5.68. The van der Waals surface area contributed by atoms with Crippen LogP contribution in [0.2, 0.25) is 0 Å². The Kier molecular flexibility index (Phi) is 5.68. The average Bonchev–Trinajstić information content (AvgIpc) is 3.22. The molecule has 0 unspecified atom stereocenters. The summed E-state index contributed by atoms with van der Waals surface area (Å²) in [5, 5.41) is 4.20. The van der Waals surface area contributed by atoms with Crippen molar-refractivity contribution in [2.75, 3.05) is 36.5 Å². The van der Waals surface area contributed by atoms with Gasteiger partial charge in [-0.1, -0.05) is 12.1 Å². The molecule has 1 saturated heterocycles. The van der Waals surface area contributed by atoms with E-state index in [1.807, 2.05) is 43.7 Å². The minimum atomic E-state index is -0.467. The van der Waals surface area contributed by atoms with Crippen molar-refractivity contribution in [2.24, 2.45) is 0 Å². The van der Waals surface area contributed by atoms with E-state index in [1.165, 1.54) is 0 Å². The SMILES string of the molecule is Cc1cnc2[nH]cc(Cc3ccc(NCc4ccc(N5CCOCC5)nc4)nc3F)c2c1. The Labute approximate surface area is 185 Å². The molecule has 164 valence electrons. The number of aromatic amines is 1. The third-order valence-electron chi connectivity index (χ3n) is 5.68. The lowest BCUT2D eigenvalue weighted by Gasteiger charge is -2.27. The van der Waals surface area contributed by atoms with Crippen LogP contribution in [0.5, 0.6) is 0 Å². The van der Waals surface area contributed by atoms with Crippen molar-refractivity contribution < 1.29 is 9.13 Å². The van der Waals surface area contributed by atoms with Gasteiger partial charge in [-0.3, -0.25) is 0 Å². The molecule has 0 amide bonds. The fourth-order valence-electron chi connectivity index (χ4n) is 3.90. The maximum Gasteiger partial charge on any atom is 0.218 e. The standard InChI is InChI=1S/C24H25FN6O/c1-16-10-20-19(15-29-24(20)28-12-16)11-18-3-4-21(30-23(18)25)26-13-17-2-5-22(27-14-17)31-6-8-32-9-7-31/h2-5,10,12,14-15H,6-9,11,13H2,1H3,(H,26,30)(H,28,29). The van der Waals surface area contributed by atoms with Gasteiger partial charge < -0.3 is 19.9 Å². The van der Waals surface area contributed by atoms with E-state index < -0.39 is 5.95 Å². The number of hydrogen-bond donors (Lipinski definition) is 2. The highest BCUT2D eigenvalue weighted by Gasteiger charge is 2.13. The zero-order chi connectivity index (χ0) is 21.9. The van der Waals surface area contributed by atoms with Crippen molar-refractivity contribution in [3.63, 3.8) is 0 Å². The highest BCUT2D eigenvalue weighted by Crippen LogP contribution is 2.22. The van der Waals surface area contributed by atoms with Gasteiger partial charge in [0.1, 0.15) is 17.3 Å². The van der Waals surface area contributed by atoms with Gasteiger partial charge in [0.25, 0.3) is 0 Å². The van der Waals surface area contributed by atoms with E-state index in [2.05, 4.69) is 36.2 Å². The van der Waals surface area contributed by atoms with Gasteiger partial charge in [0.05, 0.1) is 13.2 Å². The molecule has 32 heavy (non-hydrogen) atoms.